The summed E-state index contributed by atoms with van der Waals surface area (Å²) in [7, 11) is 0. The quantitative estimate of drug-likeness (QED) is 0.886. The molecular formula is C20H21NO3. The van der Waals surface area contributed by atoms with Gasteiger partial charge >= 0.3 is 5.97 Å². The third kappa shape index (κ3) is 4.22. The van der Waals surface area contributed by atoms with Crippen LogP contribution in [0.2, 0.25) is 0 Å². The van der Waals surface area contributed by atoms with Crippen molar-refractivity contribution in [2.45, 2.75) is 38.5 Å². The van der Waals surface area contributed by atoms with Crippen LogP contribution in [0.5, 0.6) is 0 Å². The first kappa shape index (κ1) is 16.2. The number of rotatable bonds is 5. The highest BCUT2D eigenvalue weighted by Gasteiger charge is 2.11. The molecule has 4 heteroatoms. The number of anilines is 1. The van der Waals surface area contributed by atoms with Crippen LogP contribution in [0.3, 0.4) is 0 Å². The smallest absolute Gasteiger partial charge is 0.307 e. The second-order valence-electron chi connectivity index (χ2n) is 6.30. The summed E-state index contributed by atoms with van der Waals surface area (Å²) in [5.74, 6) is -0.920. The summed E-state index contributed by atoms with van der Waals surface area (Å²) in [5, 5.41) is 11.6. The molecule has 0 unspecified atom stereocenters. The fourth-order valence-electron chi connectivity index (χ4n) is 3.17. The predicted octanol–water partition coefficient (Wildman–Crippen LogP) is 3.37. The molecule has 2 aromatic rings. The fraction of sp³-hybridized carbons (Fsp3) is 0.300. The molecule has 0 aliphatic heterocycles. The second kappa shape index (κ2) is 7.30. The number of carboxylic acid groups (broad SMARTS) is 1. The van der Waals surface area contributed by atoms with E-state index >= 15 is 0 Å². The zero-order valence-corrected chi connectivity index (χ0v) is 13.5. The van der Waals surface area contributed by atoms with Gasteiger partial charge in [-0.2, -0.15) is 0 Å². The molecule has 0 atom stereocenters. The normalized spacial score (nSPS) is 13.2. The number of hydrogen-bond donors (Lipinski definition) is 2. The number of nitrogens with one attached hydrogen (secondary N) is 1. The van der Waals surface area contributed by atoms with E-state index in [1.165, 1.54) is 24.0 Å². The van der Waals surface area contributed by atoms with Gasteiger partial charge in [0.05, 0.1) is 12.8 Å². The van der Waals surface area contributed by atoms with Gasteiger partial charge in [0.1, 0.15) is 0 Å². The molecule has 2 N–H and O–H groups in total. The van der Waals surface area contributed by atoms with Crippen molar-refractivity contribution >= 4 is 17.6 Å². The molecule has 0 spiro atoms. The van der Waals surface area contributed by atoms with Crippen LogP contribution in [0.4, 0.5) is 5.69 Å². The molecule has 24 heavy (non-hydrogen) atoms. The molecule has 0 heterocycles. The van der Waals surface area contributed by atoms with Crippen molar-refractivity contribution in [2.24, 2.45) is 0 Å². The summed E-state index contributed by atoms with van der Waals surface area (Å²) in [4.78, 5) is 22.9. The molecule has 1 aliphatic rings. The van der Waals surface area contributed by atoms with Gasteiger partial charge in [-0.15, -0.1) is 0 Å². The van der Waals surface area contributed by atoms with E-state index in [2.05, 4.69) is 17.4 Å². The maximum Gasteiger partial charge on any atom is 0.307 e. The zero-order valence-electron chi connectivity index (χ0n) is 13.5. The van der Waals surface area contributed by atoms with Gasteiger partial charge in [-0.25, -0.2) is 0 Å². The van der Waals surface area contributed by atoms with Gasteiger partial charge in [0.25, 0.3) is 0 Å². The lowest BCUT2D eigenvalue weighted by atomic mass is 9.90. The molecule has 3 rings (SSSR count). The first-order valence-electron chi connectivity index (χ1n) is 8.31. The van der Waals surface area contributed by atoms with E-state index in [1.807, 2.05) is 6.07 Å². The predicted molar refractivity (Wildman–Crippen MR) is 93.2 cm³/mol. The van der Waals surface area contributed by atoms with Crippen LogP contribution in [0.25, 0.3) is 0 Å². The highest BCUT2D eigenvalue weighted by Crippen LogP contribution is 2.22. The van der Waals surface area contributed by atoms with Crippen LogP contribution >= 0.6 is 0 Å². The monoisotopic (exact) mass is 323 g/mol. The van der Waals surface area contributed by atoms with Crippen molar-refractivity contribution in [1.29, 1.82) is 0 Å². The number of carbonyl (C=O) groups excluding carboxylic acids is 1. The van der Waals surface area contributed by atoms with Gasteiger partial charge in [0.15, 0.2) is 0 Å². The van der Waals surface area contributed by atoms with Gasteiger partial charge in [-0.05, 0) is 60.1 Å². The molecule has 0 radical (unpaired) electrons. The number of benzene rings is 2. The number of hydrogen-bond acceptors (Lipinski definition) is 2. The molecule has 0 saturated heterocycles. The van der Waals surface area contributed by atoms with Gasteiger partial charge in [-0.1, -0.05) is 30.3 Å². The average molecular weight is 323 g/mol. The lowest BCUT2D eigenvalue weighted by molar-refractivity contribution is -0.136. The van der Waals surface area contributed by atoms with E-state index in [0.29, 0.717) is 12.1 Å². The first-order chi connectivity index (χ1) is 11.6. The van der Waals surface area contributed by atoms with Crippen LogP contribution in [0.1, 0.15) is 35.1 Å². The van der Waals surface area contributed by atoms with Crippen LogP contribution in [-0.4, -0.2) is 17.0 Å². The minimum absolute atomic E-state index is 0.0106. The Balaban J connectivity index is 1.60. The minimum atomic E-state index is -0.862. The minimum Gasteiger partial charge on any atom is -0.481 e. The maximum atomic E-state index is 12.2. The molecule has 0 aromatic heterocycles. The molecule has 2 aromatic carbocycles. The second-order valence-corrected chi connectivity index (χ2v) is 6.30. The molecule has 0 fully saturated rings. The molecule has 124 valence electrons. The number of carbonyl (C=O) groups is 2. The van der Waals surface area contributed by atoms with Crippen LogP contribution in [0, 0.1) is 0 Å². The number of aryl methyl sites for hydroxylation is 2. The average Bonchev–Trinajstić information content (AvgIpc) is 2.56. The summed E-state index contributed by atoms with van der Waals surface area (Å²) in [6, 6.07) is 13.3. The highest BCUT2D eigenvalue weighted by atomic mass is 16.4. The topological polar surface area (TPSA) is 66.4 Å². The van der Waals surface area contributed by atoms with Crippen LogP contribution in [0.15, 0.2) is 42.5 Å². The Bertz CT molecular complexity index is 750. The number of aliphatic carboxylic acids is 1. The van der Waals surface area contributed by atoms with Gasteiger partial charge in [0, 0.05) is 5.69 Å². The molecule has 0 saturated carbocycles. The van der Waals surface area contributed by atoms with Crippen molar-refractivity contribution in [3.63, 3.8) is 0 Å². The summed E-state index contributed by atoms with van der Waals surface area (Å²) >= 11 is 0. The third-order valence-electron chi connectivity index (χ3n) is 4.37. The standard InChI is InChI=1S/C20H21NO3/c22-19(21-18-9-6-14(7-10-18)13-20(23)24)12-15-5-8-16-3-1-2-4-17(16)11-15/h5-11H,1-4,12-13H2,(H,21,22)(H,23,24). The lowest BCUT2D eigenvalue weighted by Gasteiger charge is -2.16. The molecule has 1 amide bonds. The number of carboxylic acids is 1. The van der Waals surface area contributed by atoms with E-state index in [1.54, 1.807) is 24.3 Å². The Kier molecular flexibility index (Phi) is 4.94. The summed E-state index contributed by atoms with van der Waals surface area (Å²) in [6.45, 7) is 0. The Hall–Kier alpha value is -2.62. The maximum absolute atomic E-state index is 12.2. The Morgan fingerprint density at radius 2 is 1.54 bits per heavy atom. The highest BCUT2D eigenvalue weighted by molar-refractivity contribution is 5.92. The van der Waals surface area contributed by atoms with Gasteiger partial charge in [-0.3, -0.25) is 9.59 Å². The first-order valence-corrected chi connectivity index (χ1v) is 8.31. The summed E-state index contributed by atoms with van der Waals surface area (Å²) in [6.07, 6.45) is 5.07. The van der Waals surface area contributed by atoms with E-state index in [0.717, 1.165) is 24.0 Å². The van der Waals surface area contributed by atoms with Crippen LogP contribution < -0.4 is 5.32 Å². The molecule has 1 aliphatic carbocycles. The summed E-state index contributed by atoms with van der Waals surface area (Å²) < 4.78 is 0. The Morgan fingerprint density at radius 3 is 2.25 bits per heavy atom. The fourth-order valence-corrected chi connectivity index (χ4v) is 3.17. The van der Waals surface area contributed by atoms with Crippen LogP contribution in [-0.2, 0) is 35.3 Å². The van der Waals surface area contributed by atoms with Crippen molar-refractivity contribution in [3.8, 4) is 0 Å². The third-order valence-corrected chi connectivity index (χ3v) is 4.37. The molecule has 4 nitrogen and oxygen atoms in total. The SMILES string of the molecule is O=C(O)Cc1ccc(NC(=O)Cc2ccc3c(c2)CCCC3)cc1. The van der Waals surface area contributed by atoms with Crippen molar-refractivity contribution in [2.75, 3.05) is 5.32 Å². The van der Waals surface area contributed by atoms with E-state index < -0.39 is 5.97 Å². The zero-order chi connectivity index (χ0) is 16.9. The Labute approximate surface area is 141 Å². The molecular weight excluding hydrogens is 302 g/mol. The number of fused-ring (bicyclic) bond motifs is 1. The van der Waals surface area contributed by atoms with Crippen molar-refractivity contribution in [3.05, 3.63) is 64.7 Å². The largest absolute Gasteiger partial charge is 0.481 e. The van der Waals surface area contributed by atoms with Gasteiger partial charge in [0.2, 0.25) is 5.91 Å². The van der Waals surface area contributed by atoms with E-state index in [9.17, 15) is 9.59 Å². The number of amides is 1. The Morgan fingerprint density at radius 1 is 0.875 bits per heavy atom. The summed E-state index contributed by atoms with van der Waals surface area (Å²) in [5.41, 5.74) is 5.24. The van der Waals surface area contributed by atoms with Crippen molar-refractivity contribution in [1.82, 2.24) is 0 Å². The van der Waals surface area contributed by atoms with E-state index in [4.69, 9.17) is 5.11 Å². The van der Waals surface area contributed by atoms with E-state index in [-0.39, 0.29) is 12.3 Å². The molecule has 0 bridgehead atoms. The van der Waals surface area contributed by atoms with Crippen molar-refractivity contribution < 1.29 is 14.7 Å². The van der Waals surface area contributed by atoms with Gasteiger partial charge < -0.3 is 10.4 Å². The lowest BCUT2D eigenvalue weighted by Crippen LogP contribution is -2.15.